The molecule has 0 saturated carbocycles. The molecule has 0 unspecified atom stereocenters. The van der Waals surface area contributed by atoms with Gasteiger partial charge < -0.3 is 15.1 Å². The number of carbonyl (C=O) groups excluding carboxylic acids is 2. The topological polar surface area (TPSA) is 52.7 Å². The highest BCUT2D eigenvalue weighted by Gasteiger charge is 2.36. The van der Waals surface area contributed by atoms with E-state index in [2.05, 4.69) is 11.9 Å². The van der Waals surface area contributed by atoms with Gasteiger partial charge in [-0.3, -0.25) is 4.79 Å². The zero-order chi connectivity index (χ0) is 16.9. The van der Waals surface area contributed by atoms with Gasteiger partial charge in [-0.25, -0.2) is 4.79 Å². The fourth-order valence-corrected chi connectivity index (χ4v) is 3.77. The highest BCUT2D eigenvalue weighted by molar-refractivity contribution is 5.93. The predicted octanol–water partition coefficient (Wildman–Crippen LogP) is 2.65. The molecule has 1 aromatic rings. The number of benzene rings is 1. The highest BCUT2D eigenvalue weighted by atomic mass is 16.2. The molecule has 2 atom stereocenters. The van der Waals surface area contributed by atoms with Gasteiger partial charge in [-0.2, -0.15) is 0 Å². The Morgan fingerprint density at radius 3 is 2.71 bits per heavy atom. The monoisotopic (exact) mass is 327 g/mol. The van der Waals surface area contributed by atoms with Crippen molar-refractivity contribution in [2.75, 3.05) is 31.1 Å². The molecule has 2 saturated heterocycles. The third kappa shape index (κ3) is 3.61. The summed E-state index contributed by atoms with van der Waals surface area (Å²) < 4.78 is 0. The Labute approximate surface area is 143 Å². The van der Waals surface area contributed by atoms with E-state index >= 15 is 0 Å². The van der Waals surface area contributed by atoms with E-state index < -0.39 is 0 Å². The number of rotatable bonds is 3. The fraction of sp³-hybridized carbons (Fsp3) is 0.474. The van der Waals surface area contributed by atoms with E-state index in [0.717, 1.165) is 38.2 Å². The summed E-state index contributed by atoms with van der Waals surface area (Å²) in [7, 11) is 0. The Balaban J connectivity index is 1.66. The molecular weight excluding hydrogens is 302 g/mol. The lowest BCUT2D eigenvalue weighted by Gasteiger charge is -2.37. The number of anilines is 1. The van der Waals surface area contributed by atoms with Crippen molar-refractivity contribution >= 4 is 17.6 Å². The largest absolute Gasteiger partial charge is 0.335 e. The van der Waals surface area contributed by atoms with Crippen molar-refractivity contribution in [3.05, 3.63) is 43.0 Å². The van der Waals surface area contributed by atoms with E-state index in [4.69, 9.17) is 0 Å². The summed E-state index contributed by atoms with van der Waals surface area (Å²) in [5.74, 6) is 0.985. The van der Waals surface area contributed by atoms with Crippen molar-refractivity contribution in [3.63, 3.8) is 0 Å². The molecular formula is C19H25N3O2. The average molecular weight is 327 g/mol. The summed E-state index contributed by atoms with van der Waals surface area (Å²) in [6.07, 6.45) is 4.12. The van der Waals surface area contributed by atoms with Crippen molar-refractivity contribution in [1.82, 2.24) is 10.2 Å². The summed E-state index contributed by atoms with van der Waals surface area (Å²) in [5, 5.41) is 2.85. The Bertz CT molecular complexity index is 602. The first-order valence-electron chi connectivity index (χ1n) is 8.68. The molecule has 3 rings (SSSR count). The van der Waals surface area contributed by atoms with Crippen LogP contribution in [0, 0.1) is 11.8 Å². The number of hydrogen-bond acceptors (Lipinski definition) is 2. The first kappa shape index (κ1) is 16.6. The minimum atomic E-state index is -0.0242. The van der Waals surface area contributed by atoms with Crippen LogP contribution in [0.15, 0.2) is 43.0 Å². The number of likely N-dealkylation sites (tertiary alicyclic amines) is 1. The zero-order valence-electron chi connectivity index (χ0n) is 14.0. The van der Waals surface area contributed by atoms with Gasteiger partial charge in [0.2, 0.25) is 5.91 Å². The van der Waals surface area contributed by atoms with Crippen LogP contribution in [0.3, 0.4) is 0 Å². The zero-order valence-corrected chi connectivity index (χ0v) is 14.0. The molecule has 3 amide bonds. The first-order chi connectivity index (χ1) is 11.7. The van der Waals surface area contributed by atoms with E-state index in [1.165, 1.54) is 0 Å². The summed E-state index contributed by atoms with van der Waals surface area (Å²) >= 11 is 0. The number of para-hydroxylation sites is 1. The van der Waals surface area contributed by atoms with Gasteiger partial charge in [0, 0.05) is 38.3 Å². The summed E-state index contributed by atoms with van der Waals surface area (Å²) in [6.45, 7) is 6.31. The van der Waals surface area contributed by atoms with Crippen molar-refractivity contribution < 1.29 is 9.59 Å². The minimum Gasteiger partial charge on any atom is -0.335 e. The summed E-state index contributed by atoms with van der Waals surface area (Å²) in [5.41, 5.74) is 0.974. The van der Waals surface area contributed by atoms with Crippen LogP contribution in [0.1, 0.15) is 19.3 Å². The lowest BCUT2D eigenvalue weighted by Crippen LogP contribution is -2.48. The second-order valence-electron chi connectivity index (χ2n) is 6.60. The lowest BCUT2D eigenvalue weighted by atomic mass is 9.82. The molecule has 0 aromatic heterocycles. The van der Waals surface area contributed by atoms with Crippen LogP contribution in [0.5, 0.6) is 0 Å². The van der Waals surface area contributed by atoms with Gasteiger partial charge in [-0.05, 0) is 36.8 Å². The molecule has 5 nitrogen and oxygen atoms in total. The maximum Gasteiger partial charge on any atom is 0.317 e. The Morgan fingerprint density at radius 2 is 1.96 bits per heavy atom. The van der Waals surface area contributed by atoms with Gasteiger partial charge >= 0.3 is 6.03 Å². The molecule has 2 aliphatic heterocycles. The third-order valence-electron chi connectivity index (χ3n) is 5.11. The average Bonchev–Trinajstić information content (AvgIpc) is 2.78. The molecule has 5 heteroatoms. The summed E-state index contributed by atoms with van der Waals surface area (Å²) in [4.78, 5) is 28.6. The SMILES string of the molecule is C=CCNC(=O)N1CC[C@@H]2CC(=O)N(c3ccccc3)CC[C@H]2C1. The molecule has 1 aromatic carbocycles. The Hall–Kier alpha value is -2.30. The van der Waals surface area contributed by atoms with Gasteiger partial charge in [0.05, 0.1) is 0 Å². The van der Waals surface area contributed by atoms with Gasteiger partial charge in [0.15, 0.2) is 0 Å². The molecule has 2 fully saturated rings. The van der Waals surface area contributed by atoms with Gasteiger partial charge in [-0.1, -0.05) is 24.3 Å². The van der Waals surface area contributed by atoms with Crippen molar-refractivity contribution in [2.24, 2.45) is 11.8 Å². The standard InChI is InChI=1S/C19H25N3O2/c1-2-10-20-19(24)21-11-8-15-13-18(23)22(12-9-16(15)14-21)17-6-4-3-5-7-17/h2-7,15-16H,1,8-14H2,(H,20,24)/t15-,16+/m1/s1. The maximum atomic E-state index is 12.6. The van der Waals surface area contributed by atoms with Crippen LogP contribution >= 0.6 is 0 Å². The molecule has 2 aliphatic rings. The molecule has 0 spiro atoms. The van der Waals surface area contributed by atoms with Gasteiger partial charge in [0.1, 0.15) is 0 Å². The number of nitrogens with zero attached hydrogens (tertiary/aromatic N) is 2. The van der Waals surface area contributed by atoms with E-state index in [0.29, 0.717) is 24.8 Å². The number of nitrogens with one attached hydrogen (secondary N) is 1. The predicted molar refractivity (Wildman–Crippen MR) is 94.8 cm³/mol. The quantitative estimate of drug-likeness (QED) is 0.868. The normalized spacial score (nSPS) is 24.1. The van der Waals surface area contributed by atoms with Gasteiger partial charge in [0.25, 0.3) is 0 Å². The Kier molecular flexibility index (Phi) is 5.18. The van der Waals surface area contributed by atoms with E-state index in [-0.39, 0.29) is 11.9 Å². The van der Waals surface area contributed by atoms with Crippen molar-refractivity contribution in [2.45, 2.75) is 19.3 Å². The summed E-state index contributed by atoms with van der Waals surface area (Å²) in [6, 6.07) is 9.84. The van der Waals surface area contributed by atoms with E-state index in [1.54, 1.807) is 6.08 Å². The fourth-order valence-electron chi connectivity index (χ4n) is 3.77. The highest BCUT2D eigenvalue weighted by Crippen LogP contribution is 2.33. The smallest absolute Gasteiger partial charge is 0.317 e. The van der Waals surface area contributed by atoms with Crippen LogP contribution in [0.25, 0.3) is 0 Å². The maximum absolute atomic E-state index is 12.6. The lowest BCUT2D eigenvalue weighted by molar-refractivity contribution is -0.119. The van der Waals surface area contributed by atoms with Crippen LogP contribution in [0.4, 0.5) is 10.5 Å². The number of hydrogen-bond donors (Lipinski definition) is 1. The molecule has 1 N–H and O–H groups in total. The Morgan fingerprint density at radius 1 is 1.21 bits per heavy atom. The molecule has 2 heterocycles. The van der Waals surface area contributed by atoms with E-state index in [9.17, 15) is 9.59 Å². The van der Waals surface area contributed by atoms with Crippen LogP contribution in [-0.4, -0.2) is 43.0 Å². The molecule has 0 aliphatic carbocycles. The number of fused-ring (bicyclic) bond motifs is 1. The number of piperidine rings is 1. The molecule has 24 heavy (non-hydrogen) atoms. The van der Waals surface area contributed by atoms with E-state index in [1.807, 2.05) is 40.1 Å². The molecule has 128 valence electrons. The second-order valence-corrected chi connectivity index (χ2v) is 6.60. The van der Waals surface area contributed by atoms with Crippen molar-refractivity contribution in [1.29, 1.82) is 0 Å². The number of urea groups is 1. The first-order valence-corrected chi connectivity index (χ1v) is 8.68. The number of amides is 3. The molecule has 0 bridgehead atoms. The second kappa shape index (κ2) is 7.51. The third-order valence-corrected chi connectivity index (χ3v) is 5.11. The van der Waals surface area contributed by atoms with Crippen LogP contribution in [0.2, 0.25) is 0 Å². The van der Waals surface area contributed by atoms with Crippen molar-refractivity contribution in [3.8, 4) is 0 Å². The molecule has 0 radical (unpaired) electrons. The van der Waals surface area contributed by atoms with Gasteiger partial charge in [-0.15, -0.1) is 6.58 Å². The van der Waals surface area contributed by atoms with Crippen LogP contribution in [-0.2, 0) is 4.79 Å². The minimum absolute atomic E-state index is 0.0242. The van der Waals surface area contributed by atoms with Crippen LogP contribution < -0.4 is 10.2 Å². The number of carbonyl (C=O) groups is 2.